The van der Waals surface area contributed by atoms with Gasteiger partial charge < -0.3 is 14.8 Å². The minimum atomic E-state index is -0.433. The van der Waals surface area contributed by atoms with Crippen molar-refractivity contribution in [3.63, 3.8) is 0 Å². The molecule has 0 bridgehead atoms. The Bertz CT molecular complexity index is 737. The average Bonchev–Trinajstić information content (AvgIpc) is 2.66. The minimum Gasteiger partial charge on any atom is -0.497 e. The quantitative estimate of drug-likeness (QED) is 0.389. The first-order valence-corrected chi connectivity index (χ1v) is 9.08. The highest BCUT2D eigenvalue weighted by atomic mass is 32.2. The first-order chi connectivity index (χ1) is 12.6. The summed E-state index contributed by atoms with van der Waals surface area (Å²) >= 11 is 1.45. The number of rotatable bonds is 10. The van der Waals surface area contributed by atoms with Crippen LogP contribution in [0.2, 0.25) is 0 Å². The highest BCUT2D eigenvalue weighted by molar-refractivity contribution is 7.99. The third kappa shape index (κ3) is 6.64. The van der Waals surface area contributed by atoms with Crippen molar-refractivity contribution in [3.8, 4) is 11.5 Å². The molecule has 7 nitrogen and oxygen atoms in total. The number of nitro groups is 1. The van der Waals surface area contributed by atoms with Gasteiger partial charge in [-0.3, -0.25) is 14.9 Å². The molecule has 1 amide bonds. The standard InChI is InChI=1S/C18H20N2O5S/c1-24-16-3-2-4-17(11-16)25-10-9-19-18(21)13-26-12-14-5-7-15(8-6-14)20(22)23/h2-8,11H,9-10,12-13H2,1H3,(H,19,21). The molecular formula is C18H20N2O5S. The number of carbonyl (C=O) groups excluding carboxylic acids is 1. The van der Waals surface area contributed by atoms with Gasteiger partial charge in [0.1, 0.15) is 18.1 Å². The van der Waals surface area contributed by atoms with Crippen LogP contribution >= 0.6 is 11.8 Å². The Morgan fingerprint density at radius 1 is 1.19 bits per heavy atom. The molecule has 0 aliphatic carbocycles. The van der Waals surface area contributed by atoms with E-state index in [1.165, 1.54) is 23.9 Å². The molecule has 2 aromatic rings. The van der Waals surface area contributed by atoms with E-state index in [0.717, 1.165) is 5.56 Å². The van der Waals surface area contributed by atoms with Crippen molar-refractivity contribution in [1.82, 2.24) is 5.32 Å². The van der Waals surface area contributed by atoms with E-state index < -0.39 is 4.92 Å². The Labute approximate surface area is 155 Å². The molecule has 1 N–H and O–H groups in total. The number of methoxy groups -OCH3 is 1. The molecule has 0 fully saturated rings. The normalized spacial score (nSPS) is 10.2. The summed E-state index contributed by atoms with van der Waals surface area (Å²) in [4.78, 5) is 22.0. The number of carbonyl (C=O) groups is 1. The maximum atomic E-state index is 11.8. The van der Waals surface area contributed by atoms with E-state index in [4.69, 9.17) is 9.47 Å². The summed E-state index contributed by atoms with van der Waals surface area (Å²) < 4.78 is 10.7. The smallest absolute Gasteiger partial charge is 0.269 e. The predicted octanol–water partition coefficient (Wildman–Crippen LogP) is 3.03. The number of ether oxygens (including phenoxy) is 2. The number of thioether (sulfide) groups is 1. The van der Waals surface area contributed by atoms with Gasteiger partial charge in [-0.25, -0.2) is 0 Å². The Morgan fingerprint density at radius 2 is 1.92 bits per heavy atom. The highest BCUT2D eigenvalue weighted by Crippen LogP contribution is 2.18. The van der Waals surface area contributed by atoms with Gasteiger partial charge in [0.15, 0.2) is 0 Å². The van der Waals surface area contributed by atoms with Gasteiger partial charge in [0.25, 0.3) is 5.69 Å². The molecule has 0 atom stereocenters. The second kappa shape index (κ2) is 10.3. The molecule has 0 aliphatic heterocycles. The molecule has 2 aromatic carbocycles. The van der Waals surface area contributed by atoms with Crippen molar-refractivity contribution in [2.45, 2.75) is 5.75 Å². The lowest BCUT2D eigenvalue weighted by Gasteiger charge is -2.09. The first-order valence-electron chi connectivity index (χ1n) is 7.93. The summed E-state index contributed by atoms with van der Waals surface area (Å²) in [6.07, 6.45) is 0. The van der Waals surface area contributed by atoms with E-state index in [2.05, 4.69) is 5.32 Å². The van der Waals surface area contributed by atoms with Crippen LogP contribution in [0.25, 0.3) is 0 Å². The topological polar surface area (TPSA) is 90.7 Å². The van der Waals surface area contributed by atoms with Crippen molar-refractivity contribution < 1.29 is 19.2 Å². The van der Waals surface area contributed by atoms with Crippen LogP contribution in [0.15, 0.2) is 48.5 Å². The second-order valence-electron chi connectivity index (χ2n) is 5.29. The maximum absolute atomic E-state index is 11.8. The predicted molar refractivity (Wildman–Crippen MR) is 101 cm³/mol. The second-order valence-corrected chi connectivity index (χ2v) is 6.28. The van der Waals surface area contributed by atoms with Crippen LogP contribution in [0.1, 0.15) is 5.56 Å². The largest absolute Gasteiger partial charge is 0.497 e. The summed E-state index contributed by atoms with van der Waals surface area (Å²) in [6.45, 7) is 0.778. The number of nitrogens with zero attached hydrogens (tertiary/aromatic N) is 1. The Hall–Kier alpha value is -2.74. The van der Waals surface area contributed by atoms with Gasteiger partial charge in [-0.05, 0) is 17.7 Å². The lowest BCUT2D eigenvalue weighted by molar-refractivity contribution is -0.384. The molecule has 0 spiro atoms. The number of benzene rings is 2. The monoisotopic (exact) mass is 376 g/mol. The third-order valence-corrected chi connectivity index (χ3v) is 4.39. The van der Waals surface area contributed by atoms with Gasteiger partial charge in [-0.2, -0.15) is 0 Å². The van der Waals surface area contributed by atoms with Crippen molar-refractivity contribution in [3.05, 3.63) is 64.2 Å². The number of amides is 1. The van der Waals surface area contributed by atoms with Gasteiger partial charge in [0.05, 0.1) is 24.3 Å². The van der Waals surface area contributed by atoms with Gasteiger partial charge in [-0.1, -0.05) is 18.2 Å². The molecule has 0 heterocycles. The Balaban J connectivity index is 1.60. The fourth-order valence-electron chi connectivity index (χ4n) is 2.08. The molecule has 0 radical (unpaired) electrons. The number of hydrogen-bond acceptors (Lipinski definition) is 6. The lowest BCUT2D eigenvalue weighted by Crippen LogP contribution is -2.29. The zero-order valence-electron chi connectivity index (χ0n) is 14.3. The molecule has 0 aliphatic rings. The zero-order chi connectivity index (χ0) is 18.8. The van der Waals surface area contributed by atoms with E-state index in [1.54, 1.807) is 25.3 Å². The van der Waals surface area contributed by atoms with Crippen molar-refractivity contribution in [2.75, 3.05) is 26.0 Å². The SMILES string of the molecule is COc1cccc(OCCNC(=O)CSCc2ccc([N+](=O)[O-])cc2)c1. The summed E-state index contributed by atoms with van der Waals surface area (Å²) in [5, 5.41) is 13.4. The average molecular weight is 376 g/mol. The van der Waals surface area contributed by atoms with Crippen LogP contribution in [0, 0.1) is 10.1 Å². The summed E-state index contributed by atoms with van der Waals surface area (Å²) in [7, 11) is 1.59. The van der Waals surface area contributed by atoms with Crippen LogP contribution in [0.4, 0.5) is 5.69 Å². The minimum absolute atomic E-state index is 0.0625. The van der Waals surface area contributed by atoms with Gasteiger partial charge in [-0.15, -0.1) is 11.8 Å². The maximum Gasteiger partial charge on any atom is 0.269 e. The molecule has 138 valence electrons. The van der Waals surface area contributed by atoms with Crippen molar-refractivity contribution >= 4 is 23.4 Å². The van der Waals surface area contributed by atoms with Crippen LogP contribution in [0.5, 0.6) is 11.5 Å². The van der Waals surface area contributed by atoms with Gasteiger partial charge in [0, 0.05) is 24.0 Å². The van der Waals surface area contributed by atoms with Crippen LogP contribution < -0.4 is 14.8 Å². The van der Waals surface area contributed by atoms with Gasteiger partial charge >= 0.3 is 0 Å². The lowest BCUT2D eigenvalue weighted by atomic mass is 10.2. The fourth-order valence-corrected chi connectivity index (χ4v) is 2.89. The van der Waals surface area contributed by atoms with E-state index in [0.29, 0.717) is 36.2 Å². The number of non-ortho nitro benzene ring substituents is 1. The Kier molecular flexibility index (Phi) is 7.75. The number of nitrogens with one attached hydrogen (secondary N) is 1. The Morgan fingerprint density at radius 3 is 2.62 bits per heavy atom. The van der Waals surface area contributed by atoms with Crippen molar-refractivity contribution in [2.24, 2.45) is 0 Å². The molecule has 0 saturated heterocycles. The highest BCUT2D eigenvalue weighted by Gasteiger charge is 2.05. The van der Waals surface area contributed by atoms with Gasteiger partial charge in [0.2, 0.25) is 5.91 Å². The van der Waals surface area contributed by atoms with E-state index >= 15 is 0 Å². The van der Waals surface area contributed by atoms with Crippen LogP contribution in [-0.4, -0.2) is 36.8 Å². The number of nitro benzene ring substituents is 1. The van der Waals surface area contributed by atoms with E-state index in [9.17, 15) is 14.9 Å². The molecule has 8 heteroatoms. The molecule has 2 rings (SSSR count). The van der Waals surface area contributed by atoms with E-state index in [1.807, 2.05) is 18.2 Å². The van der Waals surface area contributed by atoms with Crippen molar-refractivity contribution in [1.29, 1.82) is 0 Å². The molecule has 0 aromatic heterocycles. The van der Waals surface area contributed by atoms with Crippen LogP contribution in [-0.2, 0) is 10.5 Å². The molecule has 26 heavy (non-hydrogen) atoms. The van der Waals surface area contributed by atoms with Crippen LogP contribution in [0.3, 0.4) is 0 Å². The molecule has 0 unspecified atom stereocenters. The van der Waals surface area contributed by atoms with E-state index in [-0.39, 0.29) is 11.6 Å². The number of hydrogen-bond donors (Lipinski definition) is 1. The molecule has 0 saturated carbocycles. The summed E-state index contributed by atoms with van der Waals surface area (Å²) in [5.41, 5.74) is 1.00. The summed E-state index contributed by atoms with van der Waals surface area (Å²) in [5.74, 6) is 2.26. The first kappa shape index (κ1) is 19.6. The third-order valence-electron chi connectivity index (χ3n) is 3.38. The zero-order valence-corrected chi connectivity index (χ0v) is 15.2. The molecular weight excluding hydrogens is 356 g/mol. The summed E-state index contributed by atoms with van der Waals surface area (Å²) in [6, 6.07) is 13.6. The fraction of sp³-hybridized carbons (Fsp3) is 0.278.